The Kier molecular flexibility index (Phi) is 3.59. The van der Waals surface area contributed by atoms with Crippen LogP contribution in [0.2, 0.25) is 15.4 Å². The minimum absolute atomic E-state index is 0.774. The van der Waals surface area contributed by atoms with Crippen LogP contribution in [0.1, 0.15) is 13.8 Å². The second-order valence-corrected chi connectivity index (χ2v) is 23.2. The number of rotatable bonds is 4. The number of hydrogen-bond acceptors (Lipinski definition) is 2. The van der Waals surface area contributed by atoms with Crippen LogP contribution < -0.4 is 0 Å². The third-order valence-corrected chi connectivity index (χ3v) is 9.32. The summed E-state index contributed by atoms with van der Waals surface area (Å²) >= 11 is -3.03. The zero-order valence-electron chi connectivity index (χ0n) is 7.68. The third kappa shape index (κ3) is 4.47. The summed E-state index contributed by atoms with van der Waals surface area (Å²) in [5.74, 6) is 0. The molecule has 0 amide bonds. The van der Waals surface area contributed by atoms with E-state index in [2.05, 4.69) is 15.4 Å². The van der Waals surface area contributed by atoms with Crippen molar-refractivity contribution in [3.63, 3.8) is 0 Å². The van der Waals surface area contributed by atoms with Crippen LogP contribution >= 0.6 is 0 Å². The summed E-state index contributed by atoms with van der Waals surface area (Å²) in [5.41, 5.74) is 0. The molecule has 0 fully saturated rings. The van der Waals surface area contributed by atoms with Crippen LogP contribution in [0.25, 0.3) is 0 Å². The fourth-order valence-corrected chi connectivity index (χ4v) is 7.51. The standard InChI is InChI=1S/2C2H5O.3CH3.Ta/c2*1-2-3;;;;/h2*2H2,1H3;3*1H3;/q2*-1;;;;+2. The summed E-state index contributed by atoms with van der Waals surface area (Å²) in [4.78, 5) is 0. The van der Waals surface area contributed by atoms with Gasteiger partial charge in [-0.1, -0.05) is 0 Å². The van der Waals surface area contributed by atoms with Crippen molar-refractivity contribution in [1.82, 2.24) is 0 Å². The second-order valence-electron chi connectivity index (χ2n) is 3.35. The molecular weight excluding hydrogens is 297 g/mol. The minimum atomic E-state index is -3.03. The monoisotopic (exact) mass is 316 g/mol. The zero-order chi connectivity index (χ0) is 8.28. The maximum atomic E-state index is 5.65. The summed E-state index contributed by atoms with van der Waals surface area (Å²) in [5, 5.41) is 6.45. The van der Waals surface area contributed by atoms with Crippen molar-refractivity contribution in [2.24, 2.45) is 0 Å². The normalized spacial score (nSPS) is 16.3. The first-order chi connectivity index (χ1) is 4.39. The van der Waals surface area contributed by atoms with Crippen LogP contribution in [-0.2, 0) is 23.1 Å². The average molecular weight is 316 g/mol. The molecule has 0 N–H and O–H groups in total. The molecule has 2 nitrogen and oxygen atoms in total. The Hall–Kier alpha value is 0.660. The van der Waals surface area contributed by atoms with Crippen molar-refractivity contribution in [2.75, 3.05) is 13.2 Å². The molecule has 0 aromatic carbocycles. The zero-order valence-corrected chi connectivity index (χ0v) is 10.9. The van der Waals surface area contributed by atoms with Gasteiger partial charge in [-0.2, -0.15) is 0 Å². The van der Waals surface area contributed by atoms with E-state index < -0.39 is 16.6 Å². The molecule has 0 bridgehead atoms. The summed E-state index contributed by atoms with van der Waals surface area (Å²) < 4.78 is 11.3. The van der Waals surface area contributed by atoms with Crippen LogP contribution in [0.3, 0.4) is 0 Å². The molecule has 0 atom stereocenters. The molecule has 0 saturated heterocycles. The van der Waals surface area contributed by atoms with E-state index >= 15 is 0 Å². The predicted molar refractivity (Wildman–Crippen MR) is 40.8 cm³/mol. The molecule has 0 heterocycles. The van der Waals surface area contributed by atoms with Gasteiger partial charge >= 0.3 is 65.6 Å². The predicted octanol–water partition coefficient (Wildman–Crippen LogP) is 2.72. The van der Waals surface area contributed by atoms with E-state index in [-0.39, 0.29) is 0 Å². The Morgan fingerprint density at radius 1 is 0.900 bits per heavy atom. The van der Waals surface area contributed by atoms with Crippen LogP contribution in [0.4, 0.5) is 0 Å². The molecule has 3 heteroatoms. The van der Waals surface area contributed by atoms with Crippen molar-refractivity contribution >= 4 is 0 Å². The van der Waals surface area contributed by atoms with Crippen LogP contribution in [-0.4, -0.2) is 13.2 Å². The van der Waals surface area contributed by atoms with Crippen LogP contribution in [0.5, 0.6) is 0 Å². The number of hydrogen-bond donors (Lipinski definition) is 0. The van der Waals surface area contributed by atoms with Crippen molar-refractivity contribution in [1.29, 1.82) is 0 Å². The van der Waals surface area contributed by atoms with E-state index in [0.717, 1.165) is 13.2 Å². The van der Waals surface area contributed by atoms with Gasteiger partial charge in [0.25, 0.3) is 0 Å². The Bertz CT molecular complexity index is 93.9. The van der Waals surface area contributed by atoms with Crippen molar-refractivity contribution in [3.05, 3.63) is 0 Å². The van der Waals surface area contributed by atoms with Gasteiger partial charge in [-0.15, -0.1) is 0 Å². The second kappa shape index (κ2) is 3.37. The Morgan fingerprint density at radius 2 is 1.20 bits per heavy atom. The SMILES string of the molecule is CC[O][Ta]([CH3])([CH3])([CH3])[O]CC. The van der Waals surface area contributed by atoms with E-state index in [4.69, 9.17) is 6.49 Å². The molecule has 0 radical (unpaired) electrons. The first kappa shape index (κ1) is 10.7. The van der Waals surface area contributed by atoms with E-state index in [1.807, 2.05) is 13.8 Å². The Balaban J connectivity index is 3.97. The van der Waals surface area contributed by atoms with Gasteiger partial charge < -0.3 is 0 Å². The van der Waals surface area contributed by atoms with Gasteiger partial charge in [-0.25, -0.2) is 0 Å². The van der Waals surface area contributed by atoms with Gasteiger partial charge in [0.1, 0.15) is 0 Å². The van der Waals surface area contributed by atoms with Crippen LogP contribution in [0, 0.1) is 0 Å². The summed E-state index contributed by atoms with van der Waals surface area (Å²) in [6, 6.07) is 0. The summed E-state index contributed by atoms with van der Waals surface area (Å²) in [7, 11) is 0. The Labute approximate surface area is 65.8 Å². The van der Waals surface area contributed by atoms with E-state index in [9.17, 15) is 0 Å². The summed E-state index contributed by atoms with van der Waals surface area (Å²) in [6.45, 7) is 5.58. The molecule has 0 rings (SSSR count). The molecule has 0 aliphatic heterocycles. The van der Waals surface area contributed by atoms with E-state index in [1.165, 1.54) is 0 Å². The molecule has 0 aromatic rings. The van der Waals surface area contributed by atoms with Gasteiger partial charge in [0.05, 0.1) is 0 Å². The molecule has 10 heavy (non-hydrogen) atoms. The fourth-order valence-electron chi connectivity index (χ4n) is 0.917. The molecule has 0 saturated carbocycles. The van der Waals surface area contributed by atoms with Gasteiger partial charge in [0.15, 0.2) is 0 Å². The van der Waals surface area contributed by atoms with E-state index in [1.54, 1.807) is 0 Å². The van der Waals surface area contributed by atoms with Gasteiger partial charge in [-0.3, -0.25) is 0 Å². The van der Waals surface area contributed by atoms with Crippen molar-refractivity contribution < 1.29 is 23.1 Å². The Morgan fingerprint density at radius 3 is 1.40 bits per heavy atom. The van der Waals surface area contributed by atoms with E-state index in [0.29, 0.717) is 0 Å². The van der Waals surface area contributed by atoms with Gasteiger partial charge in [-0.05, 0) is 0 Å². The molecule has 0 aliphatic carbocycles. The average Bonchev–Trinajstić information content (AvgIpc) is 1.61. The maximum absolute atomic E-state index is 5.65. The van der Waals surface area contributed by atoms with Crippen LogP contribution in [0.15, 0.2) is 0 Å². The van der Waals surface area contributed by atoms with Gasteiger partial charge in [0.2, 0.25) is 0 Å². The fraction of sp³-hybridized carbons (Fsp3) is 1.00. The summed E-state index contributed by atoms with van der Waals surface area (Å²) in [6.07, 6.45) is 0. The van der Waals surface area contributed by atoms with Crippen molar-refractivity contribution in [2.45, 2.75) is 29.3 Å². The molecule has 0 aromatic heterocycles. The quantitative estimate of drug-likeness (QED) is 0.794. The topological polar surface area (TPSA) is 18.5 Å². The molecule has 0 spiro atoms. The van der Waals surface area contributed by atoms with Crippen molar-refractivity contribution in [3.8, 4) is 0 Å². The first-order valence-corrected chi connectivity index (χ1v) is 16.0. The molecule has 64 valence electrons. The molecule has 0 unspecified atom stereocenters. The molecule has 0 aliphatic rings. The molecular formula is C7H19O2Ta. The first-order valence-electron chi connectivity index (χ1n) is 3.70. The third-order valence-electron chi connectivity index (χ3n) is 1.14. The van der Waals surface area contributed by atoms with Gasteiger partial charge in [0, 0.05) is 0 Å².